The standard InChI is InChI=1S/C13H16F2N2O3S/c14-13(15)21(19,20)11-5-3-9(4-6-11)12(18)17-10-2-1-7-16-8-10/h3-6,10,13,16H,1-2,7-8H2,(H,17,18). The topological polar surface area (TPSA) is 75.3 Å². The van der Waals surface area contributed by atoms with Crippen LogP contribution in [0.1, 0.15) is 23.2 Å². The van der Waals surface area contributed by atoms with Gasteiger partial charge in [-0.1, -0.05) is 0 Å². The zero-order chi connectivity index (χ0) is 15.5. The highest BCUT2D eigenvalue weighted by Crippen LogP contribution is 2.18. The quantitative estimate of drug-likeness (QED) is 0.874. The monoisotopic (exact) mass is 318 g/mol. The van der Waals surface area contributed by atoms with Crippen molar-refractivity contribution in [3.8, 4) is 0 Å². The second-order valence-corrected chi connectivity index (χ2v) is 6.76. The molecule has 2 rings (SSSR count). The van der Waals surface area contributed by atoms with Crippen LogP contribution in [0.5, 0.6) is 0 Å². The number of carbonyl (C=O) groups is 1. The van der Waals surface area contributed by atoms with Gasteiger partial charge in [-0.15, -0.1) is 0 Å². The number of halogens is 2. The average Bonchev–Trinajstić information content (AvgIpc) is 2.48. The number of hydrogen-bond acceptors (Lipinski definition) is 4. The normalized spacial score (nSPS) is 19.5. The molecule has 0 aliphatic carbocycles. The smallest absolute Gasteiger partial charge is 0.341 e. The molecule has 5 nitrogen and oxygen atoms in total. The zero-order valence-electron chi connectivity index (χ0n) is 11.2. The zero-order valence-corrected chi connectivity index (χ0v) is 12.0. The van der Waals surface area contributed by atoms with Gasteiger partial charge in [0.15, 0.2) is 0 Å². The molecular weight excluding hydrogens is 302 g/mol. The number of nitrogens with one attached hydrogen (secondary N) is 2. The van der Waals surface area contributed by atoms with E-state index in [0.717, 1.165) is 31.5 Å². The van der Waals surface area contributed by atoms with E-state index in [1.54, 1.807) is 0 Å². The van der Waals surface area contributed by atoms with E-state index in [-0.39, 0.29) is 17.5 Å². The minimum Gasteiger partial charge on any atom is -0.348 e. The van der Waals surface area contributed by atoms with Gasteiger partial charge in [-0.25, -0.2) is 8.42 Å². The Morgan fingerprint density at radius 2 is 1.95 bits per heavy atom. The summed E-state index contributed by atoms with van der Waals surface area (Å²) in [7, 11) is -4.62. The maximum Gasteiger partial charge on any atom is 0.341 e. The van der Waals surface area contributed by atoms with Gasteiger partial charge in [0, 0.05) is 18.2 Å². The molecule has 1 aliphatic rings. The fourth-order valence-electron chi connectivity index (χ4n) is 2.14. The lowest BCUT2D eigenvalue weighted by Crippen LogP contribution is -2.45. The summed E-state index contributed by atoms with van der Waals surface area (Å²) in [5.41, 5.74) is 0.244. The Bertz CT molecular complexity index is 596. The molecular formula is C13H16F2N2O3S. The van der Waals surface area contributed by atoms with E-state index >= 15 is 0 Å². The summed E-state index contributed by atoms with van der Waals surface area (Å²) in [5.74, 6) is -3.81. The molecule has 1 amide bonds. The third-order valence-electron chi connectivity index (χ3n) is 3.31. The highest BCUT2D eigenvalue weighted by Gasteiger charge is 2.26. The van der Waals surface area contributed by atoms with Crippen LogP contribution in [0.25, 0.3) is 0 Å². The number of piperidine rings is 1. The maximum absolute atomic E-state index is 12.4. The van der Waals surface area contributed by atoms with Gasteiger partial charge >= 0.3 is 5.76 Å². The first-order valence-corrected chi connectivity index (χ1v) is 8.09. The van der Waals surface area contributed by atoms with Gasteiger partial charge in [-0.05, 0) is 43.7 Å². The van der Waals surface area contributed by atoms with Crippen LogP contribution in [0.4, 0.5) is 8.78 Å². The predicted octanol–water partition coefficient (Wildman–Crippen LogP) is 1.16. The highest BCUT2D eigenvalue weighted by molar-refractivity contribution is 7.91. The van der Waals surface area contributed by atoms with Crippen molar-refractivity contribution in [2.75, 3.05) is 13.1 Å². The fraction of sp³-hybridized carbons (Fsp3) is 0.462. The lowest BCUT2D eigenvalue weighted by molar-refractivity contribution is 0.0930. The molecule has 1 atom stereocenters. The van der Waals surface area contributed by atoms with Crippen molar-refractivity contribution in [2.45, 2.75) is 29.5 Å². The Balaban J connectivity index is 2.06. The van der Waals surface area contributed by atoms with E-state index in [4.69, 9.17) is 0 Å². The Morgan fingerprint density at radius 1 is 1.29 bits per heavy atom. The molecule has 21 heavy (non-hydrogen) atoms. The summed E-state index contributed by atoms with van der Waals surface area (Å²) in [6.45, 7) is 1.61. The van der Waals surface area contributed by atoms with Crippen LogP contribution in [0.3, 0.4) is 0 Å². The molecule has 8 heteroatoms. The van der Waals surface area contributed by atoms with E-state index in [1.165, 1.54) is 12.1 Å². The molecule has 0 radical (unpaired) electrons. The Morgan fingerprint density at radius 3 is 2.48 bits per heavy atom. The molecule has 0 aromatic heterocycles. The van der Waals surface area contributed by atoms with Crippen molar-refractivity contribution in [1.82, 2.24) is 10.6 Å². The molecule has 0 saturated carbocycles. The van der Waals surface area contributed by atoms with Gasteiger partial charge < -0.3 is 10.6 Å². The van der Waals surface area contributed by atoms with Crippen molar-refractivity contribution in [3.05, 3.63) is 29.8 Å². The van der Waals surface area contributed by atoms with E-state index in [0.29, 0.717) is 6.54 Å². The van der Waals surface area contributed by atoms with Crippen LogP contribution >= 0.6 is 0 Å². The minimum atomic E-state index is -4.62. The van der Waals surface area contributed by atoms with E-state index in [9.17, 15) is 22.0 Å². The first-order valence-electron chi connectivity index (χ1n) is 6.55. The van der Waals surface area contributed by atoms with Gasteiger partial charge in [-0.2, -0.15) is 8.78 Å². The van der Waals surface area contributed by atoms with Crippen molar-refractivity contribution in [3.63, 3.8) is 0 Å². The summed E-state index contributed by atoms with van der Waals surface area (Å²) >= 11 is 0. The second kappa shape index (κ2) is 6.48. The Labute approximate surface area is 121 Å². The molecule has 1 heterocycles. The van der Waals surface area contributed by atoms with Crippen molar-refractivity contribution >= 4 is 15.7 Å². The van der Waals surface area contributed by atoms with Crippen LogP contribution in [-0.2, 0) is 9.84 Å². The Hall–Kier alpha value is -1.54. The fourth-order valence-corrected chi connectivity index (χ4v) is 2.86. The lowest BCUT2D eigenvalue weighted by Gasteiger charge is -2.23. The van der Waals surface area contributed by atoms with Gasteiger partial charge in [0.2, 0.25) is 9.84 Å². The first-order chi connectivity index (χ1) is 9.91. The second-order valence-electron chi connectivity index (χ2n) is 4.85. The van der Waals surface area contributed by atoms with Gasteiger partial charge in [0.05, 0.1) is 4.90 Å². The molecule has 1 saturated heterocycles. The van der Waals surface area contributed by atoms with Gasteiger partial charge in [-0.3, -0.25) is 4.79 Å². The Kier molecular flexibility index (Phi) is 4.89. The molecule has 1 aromatic carbocycles. The largest absolute Gasteiger partial charge is 0.348 e. The number of benzene rings is 1. The highest BCUT2D eigenvalue weighted by atomic mass is 32.2. The maximum atomic E-state index is 12.4. The van der Waals surface area contributed by atoms with Crippen molar-refractivity contribution in [2.24, 2.45) is 0 Å². The van der Waals surface area contributed by atoms with E-state index in [1.807, 2.05) is 0 Å². The lowest BCUT2D eigenvalue weighted by atomic mass is 10.1. The third-order valence-corrected chi connectivity index (χ3v) is 4.71. The summed E-state index contributed by atoms with van der Waals surface area (Å²) in [5, 5.41) is 5.97. The third kappa shape index (κ3) is 3.76. The SMILES string of the molecule is O=C(NC1CCCNC1)c1ccc(S(=O)(=O)C(F)F)cc1. The summed E-state index contributed by atoms with van der Waals surface area (Å²) in [6.07, 6.45) is 1.84. The number of alkyl halides is 2. The summed E-state index contributed by atoms with van der Waals surface area (Å²) in [6, 6.07) is 4.54. The summed E-state index contributed by atoms with van der Waals surface area (Å²) in [4.78, 5) is 11.5. The predicted molar refractivity (Wildman–Crippen MR) is 73.0 cm³/mol. The summed E-state index contributed by atoms with van der Waals surface area (Å²) < 4.78 is 47.3. The first kappa shape index (κ1) is 15.8. The molecule has 116 valence electrons. The molecule has 2 N–H and O–H groups in total. The molecule has 0 spiro atoms. The minimum absolute atomic E-state index is 0.0238. The molecule has 0 bridgehead atoms. The molecule has 1 unspecified atom stereocenters. The van der Waals surface area contributed by atoms with E-state index in [2.05, 4.69) is 10.6 Å². The van der Waals surface area contributed by atoms with Crippen LogP contribution in [0.2, 0.25) is 0 Å². The van der Waals surface area contributed by atoms with Crippen LogP contribution < -0.4 is 10.6 Å². The number of sulfone groups is 1. The van der Waals surface area contributed by atoms with Gasteiger partial charge in [0.25, 0.3) is 5.91 Å². The van der Waals surface area contributed by atoms with Crippen LogP contribution in [0, 0.1) is 0 Å². The number of hydrogen-bond donors (Lipinski definition) is 2. The number of rotatable bonds is 4. The average molecular weight is 318 g/mol. The molecule has 1 fully saturated rings. The molecule has 1 aliphatic heterocycles. The van der Waals surface area contributed by atoms with E-state index < -0.39 is 20.5 Å². The number of carbonyl (C=O) groups excluding carboxylic acids is 1. The van der Waals surface area contributed by atoms with Crippen LogP contribution in [0.15, 0.2) is 29.2 Å². The number of amides is 1. The van der Waals surface area contributed by atoms with Crippen molar-refractivity contribution in [1.29, 1.82) is 0 Å². The molecule has 1 aromatic rings. The van der Waals surface area contributed by atoms with Gasteiger partial charge in [0.1, 0.15) is 0 Å². The van der Waals surface area contributed by atoms with Crippen LogP contribution in [-0.4, -0.2) is 39.2 Å². The van der Waals surface area contributed by atoms with Crippen molar-refractivity contribution < 1.29 is 22.0 Å².